The van der Waals surface area contributed by atoms with E-state index < -0.39 is 0 Å². The zero-order valence-corrected chi connectivity index (χ0v) is 16.4. The van der Waals surface area contributed by atoms with Crippen LogP contribution in [0.1, 0.15) is 30.0 Å². The third kappa shape index (κ3) is 5.65. The topological polar surface area (TPSA) is 37.7 Å². The van der Waals surface area contributed by atoms with Gasteiger partial charge >= 0.3 is 0 Å². The monoisotopic (exact) mass is 388 g/mol. The summed E-state index contributed by atoms with van der Waals surface area (Å²) in [7, 11) is 1.69. The molecule has 0 saturated carbocycles. The first kappa shape index (κ1) is 19.6. The molecule has 0 aliphatic carbocycles. The number of methoxy groups -OCH3 is 1. The fraction of sp³-hybridized carbons (Fsp3) is 0.381. The molecule has 0 bridgehead atoms. The Kier molecular flexibility index (Phi) is 7.01. The van der Waals surface area contributed by atoms with Gasteiger partial charge in [0.2, 0.25) is 0 Å². The molecule has 6 heteroatoms. The summed E-state index contributed by atoms with van der Waals surface area (Å²) >= 11 is 5.44. The van der Waals surface area contributed by atoms with E-state index in [4.69, 9.17) is 17.0 Å². The molecular formula is C21H27FN3OS+. The van der Waals surface area contributed by atoms with E-state index in [0.29, 0.717) is 17.7 Å². The molecule has 0 unspecified atom stereocenters. The van der Waals surface area contributed by atoms with Gasteiger partial charge in [0, 0.05) is 24.9 Å². The van der Waals surface area contributed by atoms with Crippen molar-refractivity contribution < 1.29 is 14.0 Å². The average molecular weight is 389 g/mol. The van der Waals surface area contributed by atoms with Gasteiger partial charge < -0.3 is 20.3 Å². The zero-order chi connectivity index (χ0) is 19.1. The number of nitrogens with one attached hydrogen (secondary N) is 3. The van der Waals surface area contributed by atoms with Crippen LogP contribution in [0.4, 0.5) is 4.39 Å². The molecule has 27 heavy (non-hydrogen) atoms. The van der Waals surface area contributed by atoms with Crippen LogP contribution in [-0.2, 0) is 6.54 Å². The standard InChI is InChI=1S/C21H26FN3OS/c1-26-19-10-6-17(7-11-19)20(25-12-2-3-13-25)15-24-21(27)23-14-16-4-8-18(22)9-5-16/h4-11,20H,2-3,12-15H2,1H3,(H2,23,24,27)/p+1/t20-/m1/s1. The summed E-state index contributed by atoms with van der Waals surface area (Å²) in [6, 6.07) is 15.1. The minimum atomic E-state index is -0.227. The molecule has 1 fully saturated rings. The fourth-order valence-corrected chi connectivity index (χ4v) is 3.71. The van der Waals surface area contributed by atoms with Gasteiger partial charge in [0.25, 0.3) is 0 Å². The SMILES string of the molecule is COc1ccc([C@@H](CNC(=S)NCc2ccc(F)cc2)[NH+]2CCCC2)cc1. The van der Waals surface area contributed by atoms with Crippen molar-refractivity contribution in [2.24, 2.45) is 0 Å². The molecule has 1 atom stereocenters. The van der Waals surface area contributed by atoms with Crippen molar-refractivity contribution >= 4 is 17.3 Å². The van der Waals surface area contributed by atoms with Gasteiger partial charge in [-0.25, -0.2) is 4.39 Å². The number of halogens is 1. The fourth-order valence-electron chi connectivity index (χ4n) is 3.55. The van der Waals surface area contributed by atoms with Gasteiger partial charge in [0.05, 0.1) is 26.7 Å². The van der Waals surface area contributed by atoms with E-state index in [1.807, 2.05) is 12.1 Å². The second-order valence-electron chi connectivity index (χ2n) is 6.88. The van der Waals surface area contributed by atoms with E-state index in [0.717, 1.165) is 17.9 Å². The Bertz CT molecular complexity index is 730. The second kappa shape index (κ2) is 9.67. The van der Waals surface area contributed by atoms with E-state index in [9.17, 15) is 4.39 Å². The van der Waals surface area contributed by atoms with E-state index in [1.165, 1.54) is 43.6 Å². The molecule has 1 heterocycles. The molecule has 3 rings (SSSR count). The number of rotatable bonds is 7. The largest absolute Gasteiger partial charge is 0.497 e. The molecular weight excluding hydrogens is 361 g/mol. The zero-order valence-electron chi connectivity index (χ0n) is 15.6. The number of benzene rings is 2. The van der Waals surface area contributed by atoms with E-state index in [-0.39, 0.29) is 5.82 Å². The van der Waals surface area contributed by atoms with Crippen molar-refractivity contribution in [2.75, 3.05) is 26.7 Å². The maximum atomic E-state index is 13.0. The Labute approximate surface area is 165 Å². The summed E-state index contributed by atoms with van der Waals surface area (Å²) in [4.78, 5) is 1.59. The van der Waals surface area contributed by atoms with Crippen LogP contribution in [0.2, 0.25) is 0 Å². The van der Waals surface area contributed by atoms with Crippen LogP contribution in [0.25, 0.3) is 0 Å². The highest BCUT2D eigenvalue weighted by atomic mass is 32.1. The van der Waals surface area contributed by atoms with E-state index in [2.05, 4.69) is 22.8 Å². The highest BCUT2D eigenvalue weighted by molar-refractivity contribution is 7.80. The molecule has 1 saturated heterocycles. The summed E-state index contributed by atoms with van der Waals surface area (Å²) in [5, 5.41) is 7.19. The second-order valence-corrected chi connectivity index (χ2v) is 7.29. The molecule has 2 aromatic rings. The summed E-state index contributed by atoms with van der Waals surface area (Å²) in [5.74, 6) is 0.647. The van der Waals surface area contributed by atoms with Gasteiger partial charge in [-0.1, -0.05) is 12.1 Å². The van der Waals surface area contributed by atoms with Gasteiger partial charge in [-0.15, -0.1) is 0 Å². The molecule has 1 aliphatic rings. The van der Waals surface area contributed by atoms with Crippen LogP contribution in [0.3, 0.4) is 0 Å². The summed E-state index contributed by atoms with van der Waals surface area (Å²) in [6.07, 6.45) is 2.55. The lowest BCUT2D eigenvalue weighted by Gasteiger charge is -2.26. The molecule has 3 N–H and O–H groups in total. The van der Waals surface area contributed by atoms with Gasteiger partial charge in [-0.3, -0.25) is 0 Å². The van der Waals surface area contributed by atoms with Crippen molar-refractivity contribution in [1.29, 1.82) is 0 Å². The minimum Gasteiger partial charge on any atom is -0.497 e. The maximum Gasteiger partial charge on any atom is 0.166 e. The lowest BCUT2D eigenvalue weighted by molar-refractivity contribution is -0.918. The molecule has 0 aromatic heterocycles. The molecule has 1 aliphatic heterocycles. The molecule has 4 nitrogen and oxygen atoms in total. The molecule has 0 spiro atoms. The van der Waals surface area contributed by atoms with Crippen LogP contribution in [0.5, 0.6) is 5.75 Å². The van der Waals surface area contributed by atoms with E-state index >= 15 is 0 Å². The third-order valence-electron chi connectivity index (χ3n) is 5.09. The Morgan fingerprint density at radius 1 is 1.07 bits per heavy atom. The predicted molar refractivity (Wildman–Crippen MR) is 110 cm³/mol. The summed E-state index contributed by atoms with van der Waals surface area (Å²) in [5.41, 5.74) is 2.29. The molecule has 0 amide bonds. The maximum absolute atomic E-state index is 13.0. The van der Waals surface area contributed by atoms with Gasteiger partial charge in [0.1, 0.15) is 17.6 Å². The number of thiocarbonyl (C=S) groups is 1. The Morgan fingerprint density at radius 3 is 2.37 bits per heavy atom. The number of quaternary nitrogens is 1. The first-order chi connectivity index (χ1) is 13.2. The van der Waals surface area contributed by atoms with Crippen molar-refractivity contribution in [3.8, 4) is 5.75 Å². The summed E-state index contributed by atoms with van der Waals surface area (Å²) in [6.45, 7) is 3.73. The lowest BCUT2D eigenvalue weighted by Crippen LogP contribution is -3.11. The van der Waals surface area contributed by atoms with E-state index in [1.54, 1.807) is 24.1 Å². The first-order valence-corrected chi connectivity index (χ1v) is 9.81. The number of likely N-dealkylation sites (tertiary alicyclic amines) is 1. The van der Waals surface area contributed by atoms with Gasteiger partial charge in [0.15, 0.2) is 5.11 Å². The summed E-state index contributed by atoms with van der Waals surface area (Å²) < 4.78 is 18.3. The Morgan fingerprint density at radius 2 is 1.74 bits per heavy atom. The Hall–Kier alpha value is -2.18. The molecule has 144 valence electrons. The van der Waals surface area contributed by atoms with Crippen molar-refractivity contribution in [3.63, 3.8) is 0 Å². The van der Waals surface area contributed by atoms with Gasteiger partial charge in [-0.2, -0.15) is 0 Å². The smallest absolute Gasteiger partial charge is 0.166 e. The normalized spacial score (nSPS) is 15.3. The first-order valence-electron chi connectivity index (χ1n) is 9.40. The number of ether oxygens (including phenoxy) is 1. The highest BCUT2D eigenvalue weighted by Gasteiger charge is 2.27. The molecule has 2 aromatic carbocycles. The highest BCUT2D eigenvalue weighted by Crippen LogP contribution is 2.16. The van der Waals surface area contributed by atoms with Crippen molar-refractivity contribution in [3.05, 3.63) is 65.5 Å². The predicted octanol–water partition coefficient (Wildman–Crippen LogP) is 2.22. The Balaban J connectivity index is 1.56. The number of hydrogen-bond acceptors (Lipinski definition) is 2. The van der Waals surface area contributed by atoms with Crippen LogP contribution in [0.15, 0.2) is 48.5 Å². The number of hydrogen-bond donors (Lipinski definition) is 3. The quantitative estimate of drug-likeness (QED) is 0.636. The van der Waals surface area contributed by atoms with Crippen LogP contribution >= 0.6 is 12.2 Å². The lowest BCUT2D eigenvalue weighted by atomic mass is 10.1. The van der Waals surface area contributed by atoms with Crippen LogP contribution in [-0.4, -0.2) is 31.9 Å². The minimum absolute atomic E-state index is 0.227. The van der Waals surface area contributed by atoms with Crippen LogP contribution in [0, 0.1) is 5.82 Å². The van der Waals surface area contributed by atoms with Crippen molar-refractivity contribution in [2.45, 2.75) is 25.4 Å². The van der Waals surface area contributed by atoms with Gasteiger partial charge in [-0.05, 0) is 54.2 Å². The van der Waals surface area contributed by atoms with Crippen LogP contribution < -0.4 is 20.3 Å². The molecule has 0 radical (unpaired) electrons. The third-order valence-corrected chi connectivity index (χ3v) is 5.38. The van der Waals surface area contributed by atoms with Crippen molar-refractivity contribution in [1.82, 2.24) is 10.6 Å². The average Bonchev–Trinajstić information content (AvgIpc) is 3.23.